The van der Waals surface area contributed by atoms with Gasteiger partial charge in [0.25, 0.3) is 0 Å². The van der Waals surface area contributed by atoms with Crippen LogP contribution in [0.15, 0.2) is 35.4 Å². The first kappa shape index (κ1) is 10.6. The van der Waals surface area contributed by atoms with E-state index in [1.165, 1.54) is 0 Å². The molecule has 0 N–H and O–H groups in total. The molecule has 0 fully saturated rings. The maximum Gasteiger partial charge on any atom is 0.0625 e. The molecule has 0 aliphatic rings. The van der Waals surface area contributed by atoms with Gasteiger partial charge in [0.15, 0.2) is 0 Å². The molecule has 3 heteroatoms. The summed E-state index contributed by atoms with van der Waals surface area (Å²) < 4.78 is 0. The van der Waals surface area contributed by atoms with Crippen molar-refractivity contribution < 1.29 is 0 Å². The molecule has 0 spiro atoms. The van der Waals surface area contributed by atoms with Crippen LogP contribution in [0.3, 0.4) is 0 Å². The lowest BCUT2D eigenvalue weighted by molar-refractivity contribution is 0.600. The Hall–Kier alpha value is -1.47. The Morgan fingerprint density at radius 3 is 2.64 bits per heavy atom. The largest absolute Gasteiger partial charge is 0.0859 e. The lowest BCUT2D eigenvalue weighted by atomic mass is 10.0. The molecule has 0 radical (unpaired) electrons. The van der Waals surface area contributed by atoms with E-state index in [0.717, 1.165) is 24.8 Å². The average Bonchev–Trinajstić information content (AvgIpc) is 2.25. The van der Waals surface area contributed by atoms with Crippen LogP contribution in [0.25, 0.3) is 10.4 Å². The van der Waals surface area contributed by atoms with Crippen LogP contribution < -0.4 is 0 Å². The second kappa shape index (κ2) is 6.06. The Morgan fingerprint density at radius 1 is 1.36 bits per heavy atom. The van der Waals surface area contributed by atoms with Crippen LogP contribution in [0.1, 0.15) is 37.8 Å². The van der Waals surface area contributed by atoms with Crippen molar-refractivity contribution in [3.63, 3.8) is 0 Å². The average molecular weight is 189 g/mol. The molecule has 0 saturated heterocycles. The van der Waals surface area contributed by atoms with Crippen molar-refractivity contribution in [2.75, 3.05) is 0 Å². The van der Waals surface area contributed by atoms with Crippen molar-refractivity contribution in [1.29, 1.82) is 0 Å². The zero-order valence-electron chi connectivity index (χ0n) is 8.43. The lowest BCUT2D eigenvalue weighted by Crippen LogP contribution is -1.93. The first-order chi connectivity index (χ1) is 6.88. The molecule has 0 aliphatic carbocycles. The Kier molecular flexibility index (Phi) is 4.59. The van der Waals surface area contributed by atoms with Crippen molar-refractivity contribution >= 4 is 0 Å². The number of unbranched alkanes of at least 4 members (excludes halogenated alkanes) is 1. The van der Waals surface area contributed by atoms with Gasteiger partial charge in [-0.15, -0.1) is 0 Å². The van der Waals surface area contributed by atoms with Crippen molar-refractivity contribution in [3.05, 3.63) is 46.3 Å². The van der Waals surface area contributed by atoms with Crippen LogP contribution >= 0.6 is 0 Å². The topological polar surface area (TPSA) is 48.8 Å². The summed E-state index contributed by atoms with van der Waals surface area (Å²) in [5.41, 5.74) is 9.57. The molecule has 1 aromatic carbocycles. The van der Waals surface area contributed by atoms with Gasteiger partial charge in [-0.25, -0.2) is 0 Å². The third-order valence-corrected chi connectivity index (χ3v) is 2.21. The fourth-order valence-corrected chi connectivity index (χ4v) is 1.43. The predicted octanol–water partition coefficient (Wildman–Crippen LogP) is 4.23. The van der Waals surface area contributed by atoms with Gasteiger partial charge in [-0.3, -0.25) is 0 Å². The maximum absolute atomic E-state index is 8.46. The second-order valence-electron chi connectivity index (χ2n) is 3.27. The number of hydrogen-bond donors (Lipinski definition) is 0. The van der Waals surface area contributed by atoms with Crippen LogP contribution in [-0.2, 0) is 0 Å². The normalized spacial score (nSPS) is 11.8. The van der Waals surface area contributed by atoms with Gasteiger partial charge in [0.2, 0.25) is 0 Å². The fraction of sp³-hybridized carbons (Fsp3) is 0.455. The van der Waals surface area contributed by atoms with Crippen molar-refractivity contribution in [2.24, 2.45) is 5.11 Å². The van der Waals surface area contributed by atoms with E-state index in [9.17, 15) is 0 Å². The van der Waals surface area contributed by atoms with Gasteiger partial charge in [-0.2, -0.15) is 0 Å². The Bertz CT molecular complexity index is 302. The van der Waals surface area contributed by atoms with Gasteiger partial charge in [0, 0.05) is 4.91 Å². The molecule has 0 heterocycles. The molecule has 0 aliphatic heterocycles. The molecule has 1 rings (SSSR count). The summed E-state index contributed by atoms with van der Waals surface area (Å²) in [6.07, 6.45) is 3.16. The Balaban J connectivity index is 2.72. The van der Waals surface area contributed by atoms with Gasteiger partial charge in [0.05, 0.1) is 6.04 Å². The Morgan fingerprint density at radius 2 is 2.07 bits per heavy atom. The number of hydrogen-bond acceptors (Lipinski definition) is 1. The van der Waals surface area contributed by atoms with E-state index in [1.54, 1.807) is 0 Å². The third kappa shape index (κ3) is 3.11. The minimum Gasteiger partial charge on any atom is -0.0859 e. The van der Waals surface area contributed by atoms with Crippen molar-refractivity contribution in [2.45, 2.75) is 32.2 Å². The number of nitrogens with zero attached hydrogens (tertiary/aromatic N) is 3. The van der Waals surface area contributed by atoms with Crippen LogP contribution in [-0.4, -0.2) is 0 Å². The first-order valence-electron chi connectivity index (χ1n) is 4.97. The molecule has 1 aromatic rings. The molecule has 0 saturated carbocycles. The highest BCUT2D eigenvalue weighted by Gasteiger charge is 2.07. The van der Waals surface area contributed by atoms with Gasteiger partial charge >= 0.3 is 0 Å². The van der Waals surface area contributed by atoms with Crippen LogP contribution in [0.4, 0.5) is 0 Å². The molecule has 1 atom stereocenters. The quantitative estimate of drug-likeness (QED) is 0.378. The van der Waals surface area contributed by atoms with Crippen LogP contribution in [0.5, 0.6) is 0 Å². The Labute approximate surface area is 84.4 Å². The van der Waals surface area contributed by atoms with Crippen LogP contribution in [0, 0.1) is 0 Å². The molecule has 3 nitrogen and oxygen atoms in total. The fourth-order valence-electron chi connectivity index (χ4n) is 1.43. The molecule has 74 valence electrons. The maximum atomic E-state index is 8.46. The predicted molar refractivity (Wildman–Crippen MR) is 57.9 cm³/mol. The summed E-state index contributed by atoms with van der Waals surface area (Å²) >= 11 is 0. The van der Waals surface area contributed by atoms with E-state index >= 15 is 0 Å². The van der Waals surface area contributed by atoms with Gasteiger partial charge < -0.3 is 0 Å². The van der Waals surface area contributed by atoms with Gasteiger partial charge in [-0.1, -0.05) is 55.2 Å². The minimum atomic E-state index is 0.00106. The molecule has 14 heavy (non-hydrogen) atoms. The second-order valence-corrected chi connectivity index (χ2v) is 3.27. The summed E-state index contributed by atoms with van der Waals surface area (Å²) in [5.74, 6) is 0. The van der Waals surface area contributed by atoms with Crippen LogP contribution in [0.2, 0.25) is 0 Å². The third-order valence-electron chi connectivity index (χ3n) is 2.21. The minimum absolute atomic E-state index is 0.00106. The van der Waals surface area contributed by atoms with E-state index in [0.29, 0.717) is 0 Å². The zero-order valence-corrected chi connectivity index (χ0v) is 8.43. The van der Waals surface area contributed by atoms with E-state index in [1.807, 2.05) is 30.3 Å². The smallest absolute Gasteiger partial charge is 0.0625 e. The highest BCUT2D eigenvalue weighted by Crippen LogP contribution is 2.23. The monoisotopic (exact) mass is 189 g/mol. The van der Waals surface area contributed by atoms with Gasteiger partial charge in [0.1, 0.15) is 0 Å². The number of benzene rings is 1. The van der Waals surface area contributed by atoms with Gasteiger partial charge in [-0.05, 0) is 17.5 Å². The highest BCUT2D eigenvalue weighted by atomic mass is 15.1. The summed E-state index contributed by atoms with van der Waals surface area (Å²) in [4.78, 5) is 2.89. The molecular formula is C11H15N3. The van der Waals surface area contributed by atoms with E-state index in [-0.39, 0.29) is 6.04 Å². The molecule has 1 unspecified atom stereocenters. The highest BCUT2D eigenvalue weighted by molar-refractivity contribution is 5.18. The lowest BCUT2D eigenvalue weighted by Gasteiger charge is -2.09. The van der Waals surface area contributed by atoms with Crippen molar-refractivity contribution in [1.82, 2.24) is 0 Å². The summed E-state index contributed by atoms with van der Waals surface area (Å²) in [6, 6.07) is 9.93. The molecular weight excluding hydrogens is 174 g/mol. The van der Waals surface area contributed by atoms with E-state index < -0.39 is 0 Å². The molecule has 0 amide bonds. The van der Waals surface area contributed by atoms with Crippen molar-refractivity contribution in [3.8, 4) is 0 Å². The summed E-state index contributed by atoms with van der Waals surface area (Å²) in [5, 5.41) is 3.81. The molecule has 0 aromatic heterocycles. The standard InChI is InChI=1S/C11H15N3/c1-2-3-9-11(13-14-12)10-7-5-4-6-8-10/h4-8,11H,2-3,9H2,1H3. The van der Waals surface area contributed by atoms with E-state index in [4.69, 9.17) is 5.53 Å². The summed E-state index contributed by atoms with van der Waals surface area (Å²) in [7, 11) is 0. The first-order valence-corrected chi connectivity index (χ1v) is 4.97. The number of azide groups is 1. The summed E-state index contributed by atoms with van der Waals surface area (Å²) in [6.45, 7) is 2.14. The zero-order chi connectivity index (χ0) is 10.2. The molecule has 0 bridgehead atoms. The SMILES string of the molecule is CCCCC(N=[N+]=[N-])c1ccccc1. The number of rotatable bonds is 5. The van der Waals surface area contributed by atoms with E-state index in [2.05, 4.69) is 16.9 Å².